The third-order valence-corrected chi connectivity index (χ3v) is 4.49. The lowest BCUT2D eigenvalue weighted by molar-refractivity contribution is 0.923. The first-order valence-corrected chi connectivity index (χ1v) is 7.66. The van der Waals surface area contributed by atoms with E-state index in [1.54, 1.807) is 0 Å². The van der Waals surface area contributed by atoms with Crippen LogP contribution in [0.4, 0.5) is 0 Å². The third-order valence-electron chi connectivity index (χ3n) is 4.49. The summed E-state index contributed by atoms with van der Waals surface area (Å²) in [6.45, 7) is 0. The van der Waals surface area contributed by atoms with Gasteiger partial charge >= 0.3 is 0 Å². The van der Waals surface area contributed by atoms with Crippen LogP contribution in [0.25, 0.3) is 33.2 Å². The van der Waals surface area contributed by atoms with Crippen molar-refractivity contribution in [1.29, 1.82) is 0 Å². The average Bonchev–Trinajstić information content (AvgIpc) is 2.58. The predicted molar refractivity (Wildman–Crippen MR) is 89.9 cm³/mol. The number of rotatable bonds is 0. The summed E-state index contributed by atoms with van der Waals surface area (Å²) in [7, 11) is 0. The number of aryl methyl sites for hydroxylation is 2. The molecule has 0 bridgehead atoms. The van der Waals surface area contributed by atoms with E-state index in [-0.39, 0.29) is 0 Å². The van der Waals surface area contributed by atoms with Crippen molar-refractivity contribution >= 4 is 21.8 Å². The second-order valence-electron chi connectivity index (χ2n) is 5.88. The number of hydrogen-bond acceptors (Lipinski definition) is 2. The molecule has 0 saturated heterocycles. The summed E-state index contributed by atoms with van der Waals surface area (Å²) in [4.78, 5) is 9.80. The van der Waals surface area contributed by atoms with E-state index < -0.39 is 0 Å². The fourth-order valence-electron chi connectivity index (χ4n) is 3.38. The Bertz CT molecular complexity index is 949. The molecule has 2 nitrogen and oxygen atoms in total. The smallest absolute Gasteiger partial charge is 0.0929 e. The van der Waals surface area contributed by atoms with Gasteiger partial charge in [0.25, 0.3) is 0 Å². The number of nitrogens with zero attached hydrogens (tertiary/aromatic N) is 2. The molecule has 104 valence electrons. The number of benzene rings is 2. The molecular formula is C20H14N2. The Labute approximate surface area is 128 Å². The van der Waals surface area contributed by atoms with Gasteiger partial charge in [0.15, 0.2) is 0 Å². The summed E-state index contributed by atoms with van der Waals surface area (Å²) in [6.07, 6.45) is 2.08. The first kappa shape index (κ1) is 11.9. The zero-order valence-electron chi connectivity index (χ0n) is 12.1. The number of hydrogen-bond donors (Lipinski definition) is 0. The van der Waals surface area contributed by atoms with Crippen molar-refractivity contribution in [2.75, 3.05) is 0 Å². The summed E-state index contributed by atoms with van der Waals surface area (Å²) < 4.78 is 0. The van der Waals surface area contributed by atoms with Crippen LogP contribution in [0.3, 0.4) is 0 Å². The second-order valence-corrected chi connectivity index (χ2v) is 5.88. The van der Waals surface area contributed by atoms with E-state index in [0.29, 0.717) is 0 Å². The molecule has 0 atom stereocenters. The molecule has 0 saturated carbocycles. The maximum absolute atomic E-state index is 4.90. The molecular weight excluding hydrogens is 268 g/mol. The van der Waals surface area contributed by atoms with Gasteiger partial charge in [0, 0.05) is 10.8 Å². The van der Waals surface area contributed by atoms with Gasteiger partial charge in [-0.3, -0.25) is 0 Å². The minimum absolute atomic E-state index is 1.04. The van der Waals surface area contributed by atoms with Gasteiger partial charge in [0.2, 0.25) is 0 Å². The second kappa shape index (κ2) is 4.38. The van der Waals surface area contributed by atoms with E-state index in [1.807, 2.05) is 12.1 Å². The van der Waals surface area contributed by atoms with Crippen molar-refractivity contribution in [3.05, 3.63) is 71.8 Å². The molecule has 0 fully saturated rings. The Morgan fingerprint density at radius 3 is 1.55 bits per heavy atom. The summed E-state index contributed by atoms with van der Waals surface area (Å²) in [5.41, 5.74) is 6.84. The Balaban J connectivity index is 1.84. The Kier molecular flexibility index (Phi) is 2.36. The molecule has 0 aliphatic heterocycles. The molecule has 22 heavy (non-hydrogen) atoms. The Morgan fingerprint density at radius 2 is 1.05 bits per heavy atom. The summed E-state index contributed by atoms with van der Waals surface area (Å²) in [5.74, 6) is 0. The first-order chi connectivity index (χ1) is 10.9. The lowest BCUT2D eigenvalue weighted by Gasteiger charge is -2.19. The van der Waals surface area contributed by atoms with Gasteiger partial charge in [-0.25, -0.2) is 9.97 Å². The van der Waals surface area contributed by atoms with Crippen LogP contribution < -0.4 is 0 Å². The summed E-state index contributed by atoms with van der Waals surface area (Å²) in [6, 6.07) is 21.2. The van der Waals surface area contributed by atoms with E-state index in [9.17, 15) is 0 Å². The zero-order chi connectivity index (χ0) is 14.5. The molecule has 0 radical (unpaired) electrons. The maximum atomic E-state index is 4.90. The number of fused-ring (bicyclic) bond motifs is 5. The van der Waals surface area contributed by atoms with Gasteiger partial charge in [-0.1, -0.05) is 36.4 Å². The van der Waals surface area contributed by atoms with Gasteiger partial charge in [-0.2, -0.15) is 0 Å². The average molecular weight is 282 g/mol. The van der Waals surface area contributed by atoms with Crippen LogP contribution in [0.2, 0.25) is 0 Å². The minimum atomic E-state index is 1.04. The van der Waals surface area contributed by atoms with Gasteiger partial charge in [-0.05, 0) is 48.2 Å². The number of para-hydroxylation sites is 2. The van der Waals surface area contributed by atoms with Crippen molar-refractivity contribution in [2.45, 2.75) is 12.8 Å². The highest BCUT2D eigenvalue weighted by Crippen LogP contribution is 2.34. The van der Waals surface area contributed by atoms with Crippen LogP contribution in [0.5, 0.6) is 0 Å². The normalized spacial score (nSPS) is 13.1. The zero-order valence-corrected chi connectivity index (χ0v) is 12.1. The largest absolute Gasteiger partial charge is 0.246 e. The lowest BCUT2D eigenvalue weighted by atomic mass is 9.91. The van der Waals surface area contributed by atoms with E-state index in [0.717, 1.165) is 35.3 Å². The number of aromatic nitrogens is 2. The van der Waals surface area contributed by atoms with Gasteiger partial charge < -0.3 is 0 Å². The van der Waals surface area contributed by atoms with Crippen molar-refractivity contribution in [3.63, 3.8) is 0 Å². The van der Waals surface area contributed by atoms with E-state index in [1.165, 1.54) is 21.9 Å². The van der Waals surface area contributed by atoms with Gasteiger partial charge in [-0.15, -0.1) is 0 Å². The van der Waals surface area contributed by atoms with Crippen molar-refractivity contribution < 1.29 is 0 Å². The molecule has 1 aliphatic rings. The van der Waals surface area contributed by atoms with E-state index in [4.69, 9.17) is 9.97 Å². The monoisotopic (exact) mass is 282 g/mol. The van der Waals surface area contributed by atoms with Crippen LogP contribution in [0.1, 0.15) is 11.1 Å². The molecule has 2 aromatic carbocycles. The summed E-state index contributed by atoms with van der Waals surface area (Å²) in [5, 5.41) is 2.43. The number of pyridine rings is 2. The first-order valence-electron chi connectivity index (χ1n) is 7.66. The topological polar surface area (TPSA) is 25.8 Å². The van der Waals surface area contributed by atoms with Crippen molar-refractivity contribution in [2.24, 2.45) is 0 Å². The van der Waals surface area contributed by atoms with E-state index >= 15 is 0 Å². The van der Waals surface area contributed by atoms with Crippen LogP contribution in [-0.4, -0.2) is 9.97 Å². The predicted octanol–water partition coefficient (Wildman–Crippen LogP) is 4.55. The Morgan fingerprint density at radius 1 is 0.591 bits per heavy atom. The third kappa shape index (κ3) is 1.67. The maximum Gasteiger partial charge on any atom is 0.0929 e. The van der Waals surface area contributed by atoms with Crippen LogP contribution in [0, 0.1) is 0 Å². The molecule has 0 amide bonds. The standard InChI is InChI=1S/C20H14N2/c1-3-7-17-13(5-1)11-15-9-10-16-12-14-6-2-4-8-18(14)22-20(16)19(15)21-17/h1-8,11-12H,9-10H2. The SMILES string of the molecule is c1ccc2nc3c(cc2c1)CCc1cc2ccccc2nc1-3. The highest BCUT2D eigenvalue weighted by Gasteiger charge is 2.20. The van der Waals surface area contributed by atoms with Gasteiger partial charge in [0.1, 0.15) is 0 Å². The van der Waals surface area contributed by atoms with Crippen LogP contribution >= 0.6 is 0 Å². The van der Waals surface area contributed by atoms with Gasteiger partial charge in [0.05, 0.1) is 22.4 Å². The molecule has 0 N–H and O–H groups in total. The molecule has 2 aromatic heterocycles. The minimum Gasteiger partial charge on any atom is -0.246 e. The molecule has 0 spiro atoms. The van der Waals surface area contributed by atoms with Crippen molar-refractivity contribution in [3.8, 4) is 11.4 Å². The fraction of sp³-hybridized carbons (Fsp3) is 0.100. The fourth-order valence-corrected chi connectivity index (χ4v) is 3.38. The Hall–Kier alpha value is -2.74. The molecule has 5 rings (SSSR count). The molecule has 1 aliphatic carbocycles. The highest BCUT2D eigenvalue weighted by atomic mass is 14.8. The quantitative estimate of drug-likeness (QED) is 0.473. The van der Waals surface area contributed by atoms with Crippen LogP contribution in [0.15, 0.2) is 60.7 Å². The molecule has 4 aromatic rings. The lowest BCUT2D eigenvalue weighted by Crippen LogP contribution is -2.08. The molecule has 2 heterocycles. The molecule has 2 heteroatoms. The van der Waals surface area contributed by atoms with Crippen LogP contribution in [-0.2, 0) is 12.8 Å². The summed E-state index contributed by atoms with van der Waals surface area (Å²) >= 11 is 0. The highest BCUT2D eigenvalue weighted by molar-refractivity contribution is 5.87. The molecule has 0 unspecified atom stereocenters. The van der Waals surface area contributed by atoms with E-state index in [2.05, 4.69) is 48.5 Å². The van der Waals surface area contributed by atoms with Crippen molar-refractivity contribution in [1.82, 2.24) is 9.97 Å².